The molecule has 1 saturated carbocycles. The normalized spacial score (nSPS) is 18.2. The highest BCUT2D eigenvalue weighted by Gasteiger charge is 2.22. The molecule has 1 fully saturated rings. The Labute approximate surface area is 121 Å². The van der Waals surface area contributed by atoms with Crippen LogP contribution in [0.3, 0.4) is 0 Å². The summed E-state index contributed by atoms with van der Waals surface area (Å²) in [5.74, 6) is 0. The number of fused-ring (bicyclic) bond motifs is 3. The summed E-state index contributed by atoms with van der Waals surface area (Å²) in [6.45, 7) is 2.29. The largest absolute Gasteiger partial charge is 0.307 e. The second-order valence-electron chi connectivity index (χ2n) is 6.27. The molecule has 20 heavy (non-hydrogen) atoms. The van der Waals surface area contributed by atoms with E-state index >= 15 is 0 Å². The van der Waals surface area contributed by atoms with E-state index in [1.54, 1.807) is 0 Å². The third kappa shape index (κ3) is 1.97. The van der Waals surface area contributed by atoms with Gasteiger partial charge in [0.25, 0.3) is 0 Å². The van der Waals surface area contributed by atoms with E-state index in [-0.39, 0.29) is 0 Å². The van der Waals surface area contributed by atoms with Gasteiger partial charge in [0, 0.05) is 12.1 Å². The number of hydrogen-bond acceptors (Lipinski definition) is 1. The highest BCUT2D eigenvalue weighted by atomic mass is 15.0. The fraction of sp³-hybridized carbons (Fsp3) is 0.368. The predicted octanol–water partition coefficient (Wildman–Crippen LogP) is 4.46. The van der Waals surface area contributed by atoms with Crippen molar-refractivity contribution in [2.24, 2.45) is 0 Å². The van der Waals surface area contributed by atoms with Crippen LogP contribution in [0.1, 0.15) is 48.9 Å². The second-order valence-corrected chi connectivity index (χ2v) is 6.27. The molecule has 1 atom stereocenters. The minimum absolute atomic E-state index is 0.467. The Morgan fingerprint density at radius 1 is 1.00 bits per heavy atom. The predicted molar refractivity (Wildman–Crippen MR) is 83.9 cm³/mol. The highest BCUT2D eigenvalue weighted by Crippen LogP contribution is 2.37. The molecule has 2 aliphatic rings. The van der Waals surface area contributed by atoms with E-state index in [9.17, 15) is 0 Å². The van der Waals surface area contributed by atoms with Gasteiger partial charge in [-0.25, -0.2) is 0 Å². The van der Waals surface area contributed by atoms with Gasteiger partial charge in [0.15, 0.2) is 0 Å². The Bertz CT molecular complexity index is 640. The molecule has 0 aliphatic heterocycles. The lowest BCUT2D eigenvalue weighted by atomic mass is 9.91. The molecule has 0 radical (unpaired) electrons. The Kier molecular flexibility index (Phi) is 2.89. The smallest absolute Gasteiger partial charge is 0.0294 e. The molecule has 102 valence electrons. The topological polar surface area (TPSA) is 12.0 Å². The summed E-state index contributed by atoms with van der Waals surface area (Å²) < 4.78 is 0. The van der Waals surface area contributed by atoms with Gasteiger partial charge in [-0.3, -0.25) is 0 Å². The molecule has 2 aliphatic carbocycles. The van der Waals surface area contributed by atoms with Gasteiger partial charge in [-0.15, -0.1) is 0 Å². The zero-order valence-electron chi connectivity index (χ0n) is 12.0. The van der Waals surface area contributed by atoms with Crippen LogP contribution < -0.4 is 5.32 Å². The molecule has 1 N–H and O–H groups in total. The number of rotatable bonds is 3. The van der Waals surface area contributed by atoms with E-state index in [0.717, 1.165) is 12.5 Å². The van der Waals surface area contributed by atoms with E-state index in [1.807, 2.05) is 0 Å². The van der Waals surface area contributed by atoms with Crippen LogP contribution in [0, 0.1) is 0 Å². The van der Waals surface area contributed by atoms with Gasteiger partial charge < -0.3 is 5.32 Å². The second kappa shape index (κ2) is 4.75. The van der Waals surface area contributed by atoms with Crippen LogP contribution in [0.2, 0.25) is 0 Å². The average Bonchev–Trinajstić information content (AvgIpc) is 2.80. The first kappa shape index (κ1) is 12.2. The van der Waals surface area contributed by atoms with Gasteiger partial charge >= 0.3 is 0 Å². The summed E-state index contributed by atoms with van der Waals surface area (Å²) in [6.07, 6.45) is 5.18. The number of benzene rings is 2. The lowest BCUT2D eigenvalue weighted by molar-refractivity contribution is 0.313. The molecular weight excluding hydrogens is 242 g/mol. The number of nitrogens with one attached hydrogen (secondary N) is 1. The SMILES string of the molecule is CC(NC1CCC1)c1ccc2c(c1)Cc1ccccc1-2. The zero-order valence-corrected chi connectivity index (χ0v) is 12.0. The van der Waals surface area contributed by atoms with Crippen LogP contribution in [0.25, 0.3) is 11.1 Å². The van der Waals surface area contributed by atoms with Crippen molar-refractivity contribution in [3.8, 4) is 11.1 Å². The Hall–Kier alpha value is -1.60. The minimum atomic E-state index is 0.467. The monoisotopic (exact) mass is 263 g/mol. The van der Waals surface area contributed by atoms with Crippen LogP contribution in [0.15, 0.2) is 42.5 Å². The highest BCUT2D eigenvalue weighted by molar-refractivity contribution is 5.76. The molecule has 1 heteroatoms. The molecule has 1 unspecified atom stereocenters. The molecule has 2 aromatic rings. The molecule has 0 spiro atoms. The van der Waals surface area contributed by atoms with E-state index in [2.05, 4.69) is 54.7 Å². The summed E-state index contributed by atoms with van der Waals surface area (Å²) in [4.78, 5) is 0. The van der Waals surface area contributed by atoms with Gasteiger partial charge in [-0.05, 0) is 54.0 Å². The summed E-state index contributed by atoms with van der Waals surface area (Å²) >= 11 is 0. The molecule has 0 amide bonds. The molecule has 0 aromatic heterocycles. The van der Waals surface area contributed by atoms with E-state index < -0.39 is 0 Å². The van der Waals surface area contributed by atoms with Crippen LogP contribution in [-0.4, -0.2) is 6.04 Å². The van der Waals surface area contributed by atoms with E-state index in [0.29, 0.717) is 6.04 Å². The van der Waals surface area contributed by atoms with Gasteiger partial charge in [0.1, 0.15) is 0 Å². The first-order chi connectivity index (χ1) is 9.81. The lowest BCUT2D eigenvalue weighted by Gasteiger charge is -2.30. The third-order valence-electron chi connectivity index (χ3n) is 4.91. The van der Waals surface area contributed by atoms with Crippen LogP contribution in [0.5, 0.6) is 0 Å². The van der Waals surface area contributed by atoms with Gasteiger partial charge in [-0.2, -0.15) is 0 Å². The van der Waals surface area contributed by atoms with Crippen molar-refractivity contribution in [3.63, 3.8) is 0 Å². The maximum absolute atomic E-state index is 3.74. The van der Waals surface area contributed by atoms with Crippen LogP contribution in [0.4, 0.5) is 0 Å². The molecule has 0 bridgehead atoms. The molecule has 1 nitrogen and oxygen atoms in total. The first-order valence-corrected chi connectivity index (χ1v) is 7.78. The Balaban J connectivity index is 1.61. The molecule has 4 rings (SSSR count). The van der Waals surface area contributed by atoms with Crippen molar-refractivity contribution in [2.75, 3.05) is 0 Å². The first-order valence-electron chi connectivity index (χ1n) is 7.78. The zero-order chi connectivity index (χ0) is 13.5. The van der Waals surface area contributed by atoms with Crippen LogP contribution in [-0.2, 0) is 6.42 Å². The van der Waals surface area contributed by atoms with Crippen LogP contribution >= 0.6 is 0 Å². The lowest BCUT2D eigenvalue weighted by Crippen LogP contribution is -2.36. The van der Waals surface area contributed by atoms with Crippen molar-refractivity contribution in [1.82, 2.24) is 5.32 Å². The van der Waals surface area contributed by atoms with E-state index in [1.165, 1.54) is 47.1 Å². The minimum Gasteiger partial charge on any atom is -0.307 e. The standard InChI is InChI=1S/C19H21N/c1-13(20-17-6-4-7-17)14-9-10-19-16(11-14)12-15-5-2-3-8-18(15)19/h2-3,5,8-11,13,17,20H,4,6-7,12H2,1H3. The summed E-state index contributed by atoms with van der Waals surface area (Å²) in [5.41, 5.74) is 7.25. The quantitative estimate of drug-likeness (QED) is 0.735. The van der Waals surface area contributed by atoms with E-state index in [4.69, 9.17) is 0 Å². The Morgan fingerprint density at radius 2 is 1.80 bits per heavy atom. The number of hydrogen-bond donors (Lipinski definition) is 1. The van der Waals surface area contributed by atoms with Crippen molar-refractivity contribution in [3.05, 3.63) is 59.2 Å². The maximum Gasteiger partial charge on any atom is 0.0294 e. The van der Waals surface area contributed by atoms with Gasteiger partial charge in [0.05, 0.1) is 0 Å². The van der Waals surface area contributed by atoms with Crippen molar-refractivity contribution < 1.29 is 0 Å². The van der Waals surface area contributed by atoms with Crippen molar-refractivity contribution in [2.45, 2.75) is 44.7 Å². The summed E-state index contributed by atoms with van der Waals surface area (Å²) in [7, 11) is 0. The fourth-order valence-corrected chi connectivity index (χ4v) is 3.46. The average molecular weight is 263 g/mol. The van der Waals surface area contributed by atoms with Gasteiger partial charge in [-0.1, -0.05) is 48.9 Å². The fourth-order valence-electron chi connectivity index (χ4n) is 3.46. The Morgan fingerprint density at radius 3 is 2.60 bits per heavy atom. The van der Waals surface area contributed by atoms with Crippen molar-refractivity contribution >= 4 is 0 Å². The summed E-state index contributed by atoms with van der Waals surface area (Å²) in [6, 6.07) is 17.0. The van der Waals surface area contributed by atoms with Gasteiger partial charge in [0.2, 0.25) is 0 Å². The molecule has 2 aromatic carbocycles. The molecule has 0 heterocycles. The third-order valence-corrected chi connectivity index (χ3v) is 4.91. The maximum atomic E-state index is 3.74. The summed E-state index contributed by atoms with van der Waals surface area (Å²) in [5, 5.41) is 3.74. The molecular formula is C19H21N. The van der Waals surface area contributed by atoms with Crippen molar-refractivity contribution in [1.29, 1.82) is 0 Å². The molecule has 0 saturated heterocycles.